The molecule has 5 aromatic rings. The summed E-state index contributed by atoms with van der Waals surface area (Å²) in [5.74, 6) is -0.341. The van der Waals surface area contributed by atoms with Crippen LogP contribution in [0.5, 0.6) is 23.0 Å². The lowest BCUT2D eigenvalue weighted by Crippen LogP contribution is -2.56. The largest absolute Gasteiger partial charge is 0.497 e. The van der Waals surface area contributed by atoms with Crippen LogP contribution in [0, 0.1) is 5.92 Å². The first-order valence-electron chi connectivity index (χ1n) is 16.0. The van der Waals surface area contributed by atoms with E-state index in [1.807, 2.05) is 35.7 Å². The predicted octanol–water partition coefficient (Wildman–Crippen LogP) is 7.04. The molecule has 0 bridgehead atoms. The molecular formula is C38H33ClN2O8S. The van der Waals surface area contributed by atoms with Crippen LogP contribution in [0.4, 0.5) is 0 Å². The number of thiazole rings is 1. The van der Waals surface area contributed by atoms with Crippen molar-refractivity contribution in [2.24, 2.45) is 5.92 Å². The Kier molecular flexibility index (Phi) is 8.87. The number of halogens is 1. The number of carbonyl (C=O) groups is 3. The number of hydrogen-bond donors (Lipinski definition) is 1. The SMILES string of the molecule is COc1ccc(-c2oc3c(c2CC(=O)NCCc2nc(-c4ccccc4)cs2)C(=O)C2(Oc4c(Cl)c(OC)cc(OC)c4C2=O)C(C)C3)cc1. The summed E-state index contributed by atoms with van der Waals surface area (Å²) in [6.07, 6.45) is 0.545. The number of rotatable bonds is 10. The number of carbonyl (C=O) groups excluding carboxylic acids is 3. The highest BCUT2D eigenvalue weighted by Gasteiger charge is 2.63. The Bertz CT molecular complexity index is 2120. The second kappa shape index (κ2) is 13.3. The Balaban J connectivity index is 1.21. The van der Waals surface area contributed by atoms with Gasteiger partial charge in [0.2, 0.25) is 23.1 Å². The van der Waals surface area contributed by atoms with Crippen LogP contribution in [0.1, 0.15) is 44.0 Å². The first-order chi connectivity index (χ1) is 24.2. The molecule has 2 atom stereocenters. The smallest absolute Gasteiger partial charge is 0.237 e. The lowest BCUT2D eigenvalue weighted by molar-refractivity contribution is -0.120. The van der Waals surface area contributed by atoms with E-state index in [2.05, 4.69) is 5.32 Å². The molecule has 3 heterocycles. The summed E-state index contributed by atoms with van der Waals surface area (Å²) in [7, 11) is 4.41. The van der Waals surface area contributed by atoms with Gasteiger partial charge in [0.15, 0.2) is 5.75 Å². The topological polar surface area (TPSA) is 126 Å². The Morgan fingerprint density at radius 3 is 2.40 bits per heavy atom. The van der Waals surface area contributed by atoms with E-state index in [1.165, 1.54) is 31.6 Å². The highest BCUT2D eigenvalue weighted by atomic mass is 35.5. The minimum atomic E-state index is -1.95. The number of methoxy groups -OCH3 is 3. The second-order valence-corrected chi connectivity index (χ2v) is 13.4. The molecule has 0 fully saturated rings. The van der Waals surface area contributed by atoms with Gasteiger partial charge in [-0.05, 0) is 24.3 Å². The normalized spacial score (nSPS) is 17.7. The summed E-state index contributed by atoms with van der Waals surface area (Å²) in [4.78, 5) is 47.4. The van der Waals surface area contributed by atoms with Crippen LogP contribution in [0.2, 0.25) is 5.02 Å². The third kappa shape index (κ3) is 5.50. The average Bonchev–Trinajstić information content (AvgIpc) is 3.83. The Hall–Kier alpha value is -5.13. The second-order valence-electron chi connectivity index (χ2n) is 12.1. The summed E-state index contributed by atoms with van der Waals surface area (Å²) >= 11 is 8.16. The van der Waals surface area contributed by atoms with Crippen molar-refractivity contribution in [3.63, 3.8) is 0 Å². The number of fused-ring (bicyclic) bond motifs is 2. The van der Waals surface area contributed by atoms with E-state index in [0.29, 0.717) is 41.4 Å². The van der Waals surface area contributed by atoms with Crippen LogP contribution in [0.3, 0.4) is 0 Å². The third-order valence-corrected chi connectivity index (χ3v) is 10.5. The highest BCUT2D eigenvalue weighted by molar-refractivity contribution is 7.09. The summed E-state index contributed by atoms with van der Waals surface area (Å²) in [5, 5.41) is 5.91. The fourth-order valence-electron chi connectivity index (χ4n) is 6.68. The molecule has 2 unspecified atom stereocenters. The lowest BCUT2D eigenvalue weighted by Gasteiger charge is -2.35. The first-order valence-corrected chi connectivity index (χ1v) is 17.2. The van der Waals surface area contributed by atoms with Crippen molar-refractivity contribution in [1.29, 1.82) is 0 Å². The number of amides is 1. The molecule has 1 spiro atoms. The fraction of sp³-hybridized carbons (Fsp3) is 0.263. The van der Waals surface area contributed by atoms with Crippen LogP contribution < -0.4 is 24.3 Å². The van der Waals surface area contributed by atoms with Gasteiger partial charge < -0.3 is 28.7 Å². The molecule has 0 radical (unpaired) electrons. The number of hydrogen-bond acceptors (Lipinski definition) is 10. The van der Waals surface area contributed by atoms with E-state index >= 15 is 0 Å². The van der Waals surface area contributed by atoms with Gasteiger partial charge in [-0.3, -0.25) is 14.4 Å². The monoisotopic (exact) mass is 712 g/mol. The van der Waals surface area contributed by atoms with Gasteiger partial charge in [0.25, 0.3) is 0 Å². The molecule has 1 amide bonds. The van der Waals surface area contributed by atoms with Crippen LogP contribution in [-0.4, -0.2) is 55.9 Å². The van der Waals surface area contributed by atoms with E-state index in [0.717, 1.165) is 16.3 Å². The molecule has 2 aliphatic rings. The summed E-state index contributed by atoms with van der Waals surface area (Å²) in [6, 6.07) is 18.5. The van der Waals surface area contributed by atoms with Crippen LogP contribution >= 0.6 is 22.9 Å². The average molecular weight is 713 g/mol. The first kappa shape index (κ1) is 33.4. The van der Waals surface area contributed by atoms with Gasteiger partial charge in [-0.1, -0.05) is 48.9 Å². The molecule has 2 aromatic heterocycles. The quantitative estimate of drug-likeness (QED) is 0.152. The third-order valence-electron chi connectivity index (χ3n) is 9.22. The van der Waals surface area contributed by atoms with Crippen LogP contribution in [0.25, 0.3) is 22.6 Å². The van der Waals surface area contributed by atoms with Gasteiger partial charge in [-0.15, -0.1) is 11.3 Å². The van der Waals surface area contributed by atoms with Crippen molar-refractivity contribution >= 4 is 40.4 Å². The maximum Gasteiger partial charge on any atom is 0.237 e. The molecule has 50 heavy (non-hydrogen) atoms. The van der Waals surface area contributed by atoms with Crippen molar-refractivity contribution < 1.29 is 37.7 Å². The number of nitrogens with zero attached hydrogens (tertiary/aromatic N) is 1. The Morgan fingerprint density at radius 1 is 0.980 bits per heavy atom. The van der Waals surface area contributed by atoms with Gasteiger partial charge in [-0.2, -0.15) is 0 Å². The van der Waals surface area contributed by atoms with Crippen molar-refractivity contribution in [2.75, 3.05) is 27.9 Å². The van der Waals surface area contributed by atoms with E-state index in [1.54, 1.807) is 38.3 Å². The molecular weight excluding hydrogens is 680 g/mol. The van der Waals surface area contributed by atoms with E-state index in [9.17, 15) is 14.4 Å². The van der Waals surface area contributed by atoms with Crippen LogP contribution in [0.15, 0.2) is 70.5 Å². The van der Waals surface area contributed by atoms with E-state index < -0.39 is 23.1 Å². The maximum absolute atomic E-state index is 14.8. The number of aromatic nitrogens is 1. The number of ketones is 2. The molecule has 7 rings (SSSR count). The zero-order chi connectivity index (χ0) is 35.2. The van der Waals surface area contributed by atoms with Gasteiger partial charge >= 0.3 is 0 Å². The number of ether oxygens (including phenoxy) is 4. The highest BCUT2D eigenvalue weighted by Crippen LogP contribution is 2.54. The maximum atomic E-state index is 14.8. The number of benzene rings is 3. The van der Waals surface area contributed by atoms with Gasteiger partial charge in [-0.25, -0.2) is 4.98 Å². The summed E-state index contributed by atoms with van der Waals surface area (Å²) in [5.41, 5.74) is 1.19. The molecule has 1 N–H and O–H groups in total. The van der Waals surface area contributed by atoms with E-state index in [-0.39, 0.29) is 52.1 Å². The number of Topliss-reactive ketones (excluding diaryl/α,β-unsaturated/α-hetero) is 2. The van der Waals surface area contributed by atoms with E-state index in [4.69, 9.17) is 39.9 Å². The van der Waals surface area contributed by atoms with Gasteiger partial charge in [0, 0.05) is 53.4 Å². The molecule has 256 valence electrons. The minimum Gasteiger partial charge on any atom is -0.497 e. The molecule has 0 saturated heterocycles. The molecule has 10 nitrogen and oxygen atoms in total. The van der Waals surface area contributed by atoms with Crippen LogP contribution in [-0.2, 0) is 24.1 Å². The molecule has 1 aliphatic carbocycles. The molecule has 0 saturated carbocycles. The zero-order valence-corrected chi connectivity index (χ0v) is 29.3. The zero-order valence-electron chi connectivity index (χ0n) is 27.8. The van der Waals surface area contributed by atoms with Crippen molar-refractivity contribution in [3.05, 3.63) is 98.5 Å². The van der Waals surface area contributed by atoms with Crippen molar-refractivity contribution in [2.45, 2.75) is 31.8 Å². The Labute approximate surface area is 297 Å². The standard InChI is InChI=1S/C38H33ClN2O8S/c1-20-16-27-31(36(43)38(20)37(44)32-26(46-3)18-28(47-4)33(39)35(32)49-38)24(34(48-27)22-10-12-23(45-2)13-11-22)17-29(42)40-15-14-30-41-25(19-50-30)21-8-6-5-7-9-21/h5-13,18-20H,14-17H2,1-4H3,(H,40,42). The fourth-order valence-corrected chi connectivity index (χ4v) is 7.75. The summed E-state index contributed by atoms with van der Waals surface area (Å²) < 4.78 is 29.0. The van der Waals surface area contributed by atoms with Gasteiger partial charge in [0.05, 0.1) is 44.0 Å². The Morgan fingerprint density at radius 2 is 1.70 bits per heavy atom. The van der Waals surface area contributed by atoms with Gasteiger partial charge in [0.1, 0.15) is 39.4 Å². The lowest BCUT2D eigenvalue weighted by atomic mass is 9.70. The summed E-state index contributed by atoms with van der Waals surface area (Å²) in [6.45, 7) is 2.09. The number of nitrogens with one attached hydrogen (secondary N) is 1. The van der Waals surface area contributed by atoms with Crippen molar-refractivity contribution in [1.82, 2.24) is 10.3 Å². The molecule has 3 aromatic carbocycles. The molecule has 1 aliphatic heterocycles. The predicted molar refractivity (Wildman–Crippen MR) is 188 cm³/mol. The molecule has 12 heteroatoms. The van der Waals surface area contributed by atoms with Crippen molar-refractivity contribution in [3.8, 4) is 45.6 Å². The minimum absolute atomic E-state index is 0.0206. The number of furan rings is 1.